The number of nitrogens with one attached hydrogen (secondary N) is 1. The minimum absolute atomic E-state index is 0.0677. The fourth-order valence-corrected chi connectivity index (χ4v) is 4.09. The third kappa shape index (κ3) is 8.32. The van der Waals surface area contributed by atoms with Gasteiger partial charge in [-0.25, -0.2) is 0 Å². The van der Waals surface area contributed by atoms with E-state index in [0.717, 1.165) is 11.1 Å². The second-order valence-corrected chi connectivity index (χ2v) is 11.7. The minimum atomic E-state index is -0.579. The molecule has 2 aromatic carbocycles. The van der Waals surface area contributed by atoms with E-state index in [9.17, 15) is 9.59 Å². The van der Waals surface area contributed by atoms with Gasteiger partial charge in [0.05, 0.1) is 10.0 Å². The van der Waals surface area contributed by atoms with E-state index in [1.54, 1.807) is 17.0 Å². The molecule has 2 rings (SSSR count). The quantitative estimate of drug-likeness (QED) is 0.422. The summed E-state index contributed by atoms with van der Waals surface area (Å²) in [5, 5.41) is 3.91. The van der Waals surface area contributed by atoms with Gasteiger partial charge in [0.1, 0.15) is 6.04 Å². The first kappa shape index (κ1) is 28.2. The summed E-state index contributed by atoms with van der Waals surface area (Å²) in [5.41, 5.74) is 2.88. The highest BCUT2D eigenvalue weighted by atomic mass is 35.5. The Labute approximate surface area is 215 Å². The summed E-state index contributed by atoms with van der Waals surface area (Å²) in [6, 6.07) is 13.1. The number of rotatable bonds is 8. The van der Waals surface area contributed by atoms with Crippen LogP contribution in [0.4, 0.5) is 0 Å². The molecule has 2 aromatic rings. The van der Waals surface area contributed by atoms with Crippen LogP contribution in [0, 0.1) is 0 Å². The van der Waals surface area contributed by atoms with Gasteiger partial charge in [0, 0.05) is 18.5 Å². The lowest BCUT2D eigenvalue weighted by atomic mass is 9.86. The first-order chi connectivity index (χ1) is 15.7. The molecule has 0 spiro atoms. The van der Waals surface area contributed by atoms with Gasteiger partial charge in [-0.15, -0.1) is 0 Å². The Balaban J connectivity index is 2.24. The molecule has 0 aromatic heterocycles. The summed E-state index contributed by atoms with van der Waals surface area (Å²) < 4.78 is 0. The Morgan fingerprint density at radius 3 is 2.00 bits per heavy atom. The number of halogens is 2. The van der Waals surface area contributed by atoms with E-state index in [1.165, 1.54) is 5.56 Å². The average Bonchev–Trinajstić information content (AvgIpc) is 2.72. The van der Waals surface area contributed by atoms with Crippen LogP contribution in [0.3, 0.4) is 0 Å². The topological polar surface area (TPSA) is 49.4 Å². The van der Waals surface area contributed by atoms with Crippen LogP contribution in [0.1, 0.15) is 78.0 Å². The van der Waals surface area contributed by atoms with Crippen LogP contribution in [-0.2, 0) is 28.0 Å². The van der Waals surface area contributed by atoms with E-state index in [2.05, 4.69) is 50.4 Å². The predicted molar refractivity (Wildman–Crippen MR) is 142 cm³/mol. The highest BCUT2D eigenvalue weighted by Gasteiger charge is 2.30. The Morgan fingerprint density at radius 1 is 0.912 bits per heavy atom. The fourth-order valence-electron chi connectivity index (χ4n) is 3.77. The molecule has 186 valence electrons. The van der Waals surface area contributed by atoms with Gasteiger partial charge in [-0.3, -0.25) is 9.59 Å². The summed E-state index contributed by atoms with van der Waals surface area (Å²) in [7, 11) is 0. The molecule has 0 bridgehead atoms. The number of benzene rings is 2. The number of amides is 2. The van der Waals surface area contributed by atoms with Crippen LogP contribution in [-0.4, -0.2) is 28.3 Å². The zero-order valence-corrected chi connectivity index (χ0v) is 23.0. The van der Waals surface area contributed by atoms with Crippen molar-refractivity contribution in [1.29, 1.82) is 0 Å². The molecule has 6 heteroatoms. The van der Waals surface area contributed by atoms with Gasteiger partial charge in [-0.1, -0.05) is 81.2 Å². The van der Waals surface area contributed by atoms with Crippen molar-refractivity contribution in [3.63, 3.8) is 0 Å². The molecule has 0 aliphatic rings. The highest BCUT2D eigenvalue weighted by molar-refractivity contribution is 6.42. The molecule has 0 saturated carbocycles. The maximum absolute atomic E-state index is 13.5. The molecule has 0 aliphatic heterocycles. The molecular weight excluding hydrogens is 467 g/mol. The van der Waals surface area contributed by atoms with Gasteiger partial charge in [0.15, 0.2) is 0 Å². The van der Waals surface area contributed by atoms with Crippen LogP contribution >= 0.6 is 23.2 Å². The number of hydrogen-bond acceptors (Lipinski definition) is 2. The molecule has 1 atom stereocenters. The molecule has 0 fully saturated rings. The molecule has 34 heavy (non-hydrogen) atoms. The van der Waals surface area contributed by atoms with E-state index in [1.807, 2.05) is 33.8 Å². The van der Waals surface area contributed by atoms with Gasteiger partial charge in [0.2, 0.25) is 11.8 Å². The lowest BCUT2D eigenvalue weighted by Gasteiger charge is -2.33. The summed E-state index contributed by atoms with van der Waals surface area (Å²) in [6.45, 7) is 14.6. The third-order valence-electron chi connectivity index (χ3n) is 5.67. The second-order valence-electron chi connectivity index (χ2n) is 10.9. The largest absolute Gasteiger partial charge is 0.350 e. The number of carbonyl (C=O) groups is 2. The van der Waals surface area contributed by atoms with E-state index in [-0.39, 0.29) is 23.8 Å². The Bertz CT molecular complexity index is 989. The van der Waals surface area contributed by atoms with Crippen LogP contribution in [0.5, 0.6) is 0 Å². The van der Waals surface area contributed by atoms with Crippen molar-refractivity contribution in [2.75, 3.05) is 0 Å². The van der Waals surface area contributed by atoms with Gasteiger partial charge < -0.3 is 10.2 Å². The molecule has 0 heterocycles. The highest BCUT2D eigenvalue weighted by Crippen LogP contribution is 2.25. The fraction of sp³-hybridized carbons (Fsp3) is 0.500. The molecule has 0 radical (unpaired) electrons. The monoisotopic (exact) mass is 504 g/mol. The van der Waals surface area contributed by atoms with Crippen molar-refractivity contribution in [1.82, 2.24) is 10.2 Å². The second kappa shape index (κ2) is 11.6. The summed E-state index contributed by atoms with van der Waals surface area (Å²) >= 11 is 12.3. The van der Waals surface area contributed by atoms with Crippen molar-refractivity contribution in [3.8, 4) is 0 Å². The number of aryl methyl sites for hydroxylation is 1. The Hall–Kier alpha value is -2.04. The lowest BCUT2D eigenvalue weighted by Crippen LogP contribution is -2.53. The molecule has 0 unspecified atom stereocenters. The SMILES string of the molecule is CC[C@H](C(=O)NC(C)(C)C)N(Cc1ccc(Cl)c(Cl)c1)C(=O)CCc1ccc(C(C)(C)C)cc1. The average molecular weight is 506 g/mol. The van der Waals surface area contributed by atoms with Gasteiger partial charge in [0.25, 0.3) is 0 Å². The molecular formula is C28H38Cl2N2O2. The van der Waals surface area contributed by atoms with Crippen molar-refractivity contribution in [2.45, 2.75) is 91.3 Å². The van der Waals surface area contributed by atoms with Gasteiger partial charge >= 0.3 is 0 Å². The number of hydrogen-bond donors (Lipinski definition) is 1. The third-order valence-corrected chi connectivity index (χ3v) is 6.41. The molecule has 4 nitrogen and oxygen atoms in total. The predicted octanol–water partition coefficient (Wildman–Crippen LogP) is 6.95. The summed E-state index contributed by atoms with van der Waals surface area (Å²) in [5.74, 6) is -0.222. The van der Waals surface area contributed by atoms with E-state index < -0.39 is 11.6 Å². The van der Waals surface area contributed by atoms with Crippen LogP contribution in [0.25, 0.3) is 0 Å². The van der Waals surface area contributed by atoms with Crippen LogP contribution in [0.15, 0.2) is 42.5 Å². The van der Waals surface area contributed by atoms with Crippen molar-refractivity contribution in [2.24, 2.45) is 0 Å². The number of carbonyl (C=O) groups excluding carboxylic acids is 2. The summed E-state index contributed by atoms with van der Waals surface area (Å²) in [6.07, 6.45) is 1.43. The zero-order chi connectivity index (χ0) is 25.7. The summed E-state index contributed by atoms with van der Waals surface area (Å²) in [4.78, 5) is 28.2. The van der Waals surface area contributed by atoms with Crippen molar-refractivity contribution in [3.05, 3.63) is 69.2 Å². The zero-order valence-electron chi connectivity index (χ0n) is 21.5. The maximum Gasteiger partial charge on any atom is 0.243 e. The van der Waals surface area contributed by atoms with E-state index in [0.29, 0.717) is 29.3 Å². The van der Waals surface area contributed by atoms with Crippen molar-refractivity contribution >= 4 is 35.0 Å². The van der Waals surface area contributed by atoms with Gasteiger partial charge in [-0.05, 0) is 67.9 Å². The molecule has 0 saturated heterocycles. The van der Waals surface area contributed by atoms with Crippen LogP contribution < -0.4 is 5.32 Å². The smallest absolute Gasteiger partial charge is 0.243 e. The van der Waals surface area contributed by atoms with Gasteiger partial charge in [-0.2, -0.15) is 0 Å². The standard InChI is InChI=1S/C28H38Cl2N2O2/c1-8-24(26(34)31-28(5,6)7)32(18-20-11-15-22(29)23(30)17-20)25(33)16-12-19-9-13-21(14-10-19)27(2,3)4/h9-11,13-15,17,24H,8,12,16,18H2,1-7H3,(H,31,34)/t24-/m1/s1. The van der Waals surface area contributed by atoms with E-state index >= 15 is 0 Å². The normalized spacial score (nSPS) is 12.9. The molecule has 0 aliphatic carbocycles. The van der Waals surface area contributed by atoms with E-state index in [4.69, 9.17) is 23.2 Å². The Morgan fingerprint density at radius 2 is 1.50 bits per heavy atom. The maximum atomic E-state index is 13.5. The molecule has 2 amide bonds. The first-order valence-electron chi connectivity index (χ1n) is 11.9. The Kier molecular flexibility index (Phi) is 9.62. The number of nitrogens with zero attached hydrogens (tertiary/aromatic N) is 1. The lowest BCUT2D eigenvalue weighted by molar-refractivity contribution is -0.142. The van der Waals surface area contributed by atoms with Crippen LogP contribution in [0.2, 0.25) is 10.0 Å². The minimum Gasteiger partial charge on any atom is -0.350 e. The van der Waals surface area contributed by atoms with Crippen molar-refractivity contribution < 1.29 is 9.59 Å². The molecule has 1 N–H and O–H groups in total. The first-order valence-corrected chi connectivity index (χ1v) is 12.6.